The van der Waals surface area contributed by atoms with Crippen molar-refractivity contribution in [1.29, 1.82) is 0 Å². The van der Waals surface area contributed by atoms with Gasteiger partial charge in [-0.1, -0.05) is 18.2 Å². The number of fused-ring (bicyclic) bond motifs is 1. The van der Waals surface area contributed by atoms with Gasteiger partial charge in [0.15, 0.2) is 9.84 Å². The van der Waals surface area contributed by atoms with E-state index in [0.29, 0.717) is 43.0 Å². The number of aryl methyl sites for hydroxylation is 1. The van der Waals surface area contributed by atoms with Crippen LogP contribution < -0.4 is 4.31 Å². The van der Waals surface area contributed by atoms with Crippen LogP contribution in [-0.2, 0) is 37.6 Å². The van der Waals surface area contributed by atoms with Gasteiger partial charge >= 0.3 is 0 Å². The Labute approximate surface area is 189 Å². The van der Waals surface area contributed by atoms with Crippen molar-refractivity contribution < 1.29 is 21.6 Å². The summed E-state index contributed by atoms with van der Waals surface area (Å²) < 4.78 is 53.5. The van der Waals surface area contributed by atoms with Crippen LogP contribution in [0.3, 0.4) is 0 Å². The number of anilines is 1. The number of hydrogen-bond acceptors (Lipinski definition) is 6. The van der Waals surface area contributed by atoms with Gasteiger partial charge < -0.3 is 4.90 Å². The second-order valence-corrected chi connectivity index (χ2v) is 12.4. The highest BCUT2D eigenvalue weighted by Crippen LogP contribution is 2.34. The first-order valence-electron chi connectivity index (χ1n) is 10.7. The SMILES string of the molecule is CCN(C(=O)Cn1nc(C)c(S(=O)(=O)N2CCc3ccccc32)c1C)[C@@H]1CCS(=O)(=O)C1. The quantitative estimate of drug-likeness (QED) is 0.616. The monoisotopic (exact) mass is 480 g/mol. The van der Waals surface area contributed by atoms with Crippen molar-refractivity contribution in [2.75, 3.05) is 28.9 Å². The first-order chi connectivity index (χ1) is 15.0. The number of likely N-dealkylation sites (N-methyl/N-ethyl adjacent to an activating group) is 1. The normalized spacial score (nSPS) is 19.8. The molecule has 1 saturated heterocycles. The molecule has 11 heteroatoms. The number of para-hydroxylation sites is 1. The van der Waals surface area contributed by atoms with E-state index in [-0.39, 0.29) is 34.9 Å². The second kappa shape index (κ2) is 8.18. The van der Waals surface area contributed by atoms with Crippen LogP contribution in [0.25, 0.3) is 0 Å². The van der Waals surface area contributed by atoms with Crippen molar-refractivity contribution in [3.05, 3.63) is 41.2 Å². The zero-order valence-electron chi connectivity index (χ0n) is 18.5. The lowest BCUT2D eigenvalue weighted by molar-refractivity contribution is -0.133. The van der Waals surface area contributed by atoms with Gasteiger partial charge in [0.25, 0.3) is 10.0 Å². The third kappa shape index (κ3) is 3.92. The second-order valence-electron chi connectivity index (χ2n) is 8.35. The van der Waals surface area contributed by atoms with Crippen LogP contribution in [0.5, 0.6) is 0 Å². The Morgan fingerprint density at radius 3 is 2.62 bits per heavy atom. The number of rotatable bonds is 6. The molecule has 0 spiro atoms. The maximum absolute atomic E-state index is 13.5. The van der Waals surface area contributed by atoms with Crippen molar-refractivity contribution in [1.82, 2.24) is 14.7 Å². The predicted octanol–water partition coefficient (Wildman–Crippen LogP) is 1.29. The Bertz CT molecular complexity index is 1270. The number of aromatic nitrogens is 2. The van der Waals surface area contributed by atoms with Gasteiger partial charge in [-0.3, -0.25) is 13.8 Å². The standard InChI is InChI=1S/C21H28N4O5S2/c1-4-23(18-10-12-31(27,28)14-18)20(26)13-24-16(3)21(15(2)22-24)32(29,30)25-11-9-17-7-5-6-8-19(17)25/h5-8,18H,4,9-14H2,1-3H3/t18-/m1/s1. The van der Waals surface area contributed by atoms with Crippen LogP contribution in [0.1, 0.15) is 30.3 Å². The van der Waals surface area contributed by atoms with Gasteiger partial charge in [-0.05, 0) is 45.2 Å². The van der Waals surface area contributed by atoms with Gasteiger partial charge in [-0.15, -0.1) is 0 Å². The molecule has 2 aromatic rings. The Balaban J connectivity index is 1.60. The average Bonchev–Trinajstić information content (AvgIpc) is 3.38. The molecule has 1 amide bonds. The summed E-state index contributed by atoms with van der Waals surface area (Å²) in [5, 5.41) is 4.36. The number of carbonyl (C=O) groups is 1. The predicted molar refractivity (Wildman–Crippen MR) is 121 cm³/mol. The Morgan fingerprint density at radius 1 is 1.25 bits per heavy atom. The highest BCUT2D eigenvalue weighted by atomic mass is 32.2. The minimum Gasteiger partial charge on any atom is -0.337 e. The van der Waals surface area contributed by atoms with E-state index in [4.69, 9.17) is 0 Å². The van der Waals surface area contributed by atoms with E-state index in [9.17, 15) is 21.6 Å². The molecule has 1 fully saturated rings. The molecule has 3 heterocycles. The molecule has 0 saturated carbocycles. The molecule has 0 unspecified atom stereocenters. The molecule has 2 aliphatic heterocycles. The molecule has 0 aliphatic carbocycles. The lowest BCUT2D eigenvalue weighted by Crippen LogP contribution is -2.42. The zero-order valence-corrected chi connectivity index (χ0v) is 20.1. The lowest BCUT2D eigenvalue weighted by atomic mass is 10.2. The molecule has 2 aliphatic rings. The number of hydrogen-bond donors (Lipinski definition) is 0. The summed E-state index contributed by atoms with van der Waals surface area (Å²) in [7, 11) is -6.96. The molecule has 1 atom stereocenters. The number of nitrogens with zero attached hydrogens (tertiary/aromatic N) is 4. The molecule has 0 radical (unpaired) electrons. The number of carbonyl (C=O) groups excluding carboxylic acids is 1. The highest BCUT2D eigenvalue weighted by Gasteiger charge is 2.37. The van der Waals surface area contributed by atoms with Gasteiger partial charge in [-0.2, -0.15) is 5.10 Å². The number of sulfone groups is 1. The fourth-order valence-corrected chi connectivity index (χ4v) is 8.37. The Morgan fingerprint density at radius 2 is 1.97 bits per heavy atom. The Kier molecular flexibility index (Phi) is 5.83. The van der Waals surface area contributed by atoms with Gasteiger partial charge in [0, 0.05) is 19.1 Å². The summed E-state index contributed by atoms with van der Waals surface area (Å²) in [5.41, 5.74) is 2.40. The number of benzene rings is 1. The topological polar surface area (TPSA) is 110 Å². The minimum atomic E-state index is -3.84. The summed E-state index contributed by atoms with van der Waals surface area (Å²) in [6.45, 7) is 5.70. The van der Waals surface area contributed by atoms with Crippen LogP contribution in [0.4, 0.5) is 5.69 Å². The van der Waals surface area contributed by atoms with E-state index in [0.717, 1.165) is 5.56 Å². The molecular formula is C21H28N4O5S2. The largest absolute Gasteiger partial charge is 0.337 e. The van der Waals surface area contributed by atoms with E-state index in [1.165, 1.54) is 8.99 Å². The van der Waals surface area contributed by atoms with Crippen molar-refractivity contribution in [3.63, 3.8) is 0 Å². The van der Waals surface area contributed by atoms with Crippen LogP contribution in [-0.4, -0.2) is 68.1 Å². The smallest absolute Gasteiger partial charge is 0.268 e. The molecule has 174 valence electrons. The molecule has 4 rings (SSSR count). The summed E-state index contributed by atoms with van der Waals surface area (Å²) >= 11 is 0. The molecular weight excluding hydrogens is 452 g/mol. The number of amides is 1. The molecule has 0 N–H and O–H groups in total. The third-order valence-electron chi connectivity index (χ3n) is 6.30. The summed E-state index contributed by atoms with van der Waals surface area (Å²) in [6, 6.07) is 7.09. The third-order valence-corrected chi connectivity index (χ3v) is 10.1. The van der Waals surface area contributed by atoms with Crippen molar-refractivity contribution >= 4 is 31.5 Å². The molecule has 0 bridgehead atoms. The number of sulfonamides is 1. The fourth-order valence-electron chi connectivity index (χ4n) is 4.75. The van der Waals surface area contributed by atoms with Crippen molar-refractivity contribution in [2.45, 2.75) is 51.1 Å². The lowest BCUT2D eigenvalue weighted by Gasteiger charge is -2.27. The van der Waals surface area contributed by atoms with Crippen molar-refractivity contribution in [3.8, 4) is 0 Å². The van der Waals surface area contributed by atoms with Crippen LogP contribution in [0.2, 0.25) is 0 Å². The molecule has 1 aromatic heterocycles. The van der Waals surface area contributed by atoms with Crippen LogP contribution >= 0.6 is 0 Å². The summed E-state index contributed by atoms with van der Waals surface area (Å²) in [4.78, 5) is 14.7. The van der Waals surface area contributed by atoms with Gasteiger partial charge in [-0.25, -0.2) is 16.8 Å². The van der Waals surface area contributed by atoms with Crippen molar-refractivity contribution in [2.24, 2.45) is 0 Å². The molecule has 32 heavy (non-hydrogen) atoms. The van der Waals surface area contributed by atoms with E-state index in [2.05, 4.69) is 5.10 Å². The van der Waals surface area contributed by atoms with Gasteiger partial charge in [0.1, 0.15) is 11.4 Å². The van der Waals surface area contributed by atoms with Gasteiger partial charge in [0.05, 0.1) is 28.6 Å². The molecule has 9 nitrogen and oxygen atoms in total. The van der Waals surface area contributed by atoms with E-state index in [1.807, 2.05) is 25.1 Å². The van der Waals surface area contributed by atoms with E-state index < -0.39 is 19.9 Å². The van der Waals surface area contributed by atoms with Crippen LogP contribution in [0.15, 0.2) is 29.2 Å². The van der Waals surface area contributed by atoms with E-state index in [1.54, 1.807) is 24.8 Å². The highest BCUT2D eigenvalue weighted by molar-refractivity contribution is 7.93. The zero-order chi connectivity index (χ0) is 23.3. The Hall–Kier alpha value is -2.40. The fraction of sp³-hybridized carbons (Fsp3) is 0.524. The minimum absolute atomic E-state index is 0.0301. The van der Waals surface area contributed by atoms with Crippen LogP contribution in [0, 0.1) is 13.8 Å². The summed E-state index contributed by atoms with van der Waals surface area (Å²) in [6.07, 6.45) is 1.07. The van der Waals surface area contributed by atoms with Gasteiger partial charge in [0.2, 0.25) is 5.91 Å². The molecule has 1 aromatic carbocycles. The average molecular weight is 481 g/mol. The first kappa shape index (κ1) is 22.8. The maximum Gasteiger partial charge on any atom is 0.268 e. The van der Waals surface area contributed by atoms with E-state index >= 15 is 0 Å². The maximum atomic E-state index is 13.5. The summed E-state index contributed by atoms with van der Waals surface area (Å²) in [5.74, 6) is -0.214. The first-order valence-corrected chi connectivity index (χ1v) is 14.0.